The minimum absolute atomic E-state index is 0.00757. The van der Waals surface area contributed by atoms with Gasteiger partial charge in [0.25, 0.3) is 0 Å². The number of hydrogen-bond donors (Lipinski definition) is 0. The van der Waals surface area contributed by atoms with Gasteiger partial charge in [-0.15, -0.1) is 0 Å². The largest absolute Gasteiger partial charge is 0.462 e. The van der Waals surface area contributed by atoms with Crippen LogP contribution >= 0.6 is 0 Å². The summed E-state index contributed by atoms with van der Waals surface area (Å²) < 4.78 is 24.4. The Morgan fingerprint density at radius 3 is 2.22 bits per heavy atom. The molecular formula is C34H48O7. The molecule has 0 aromatic carbocycles. The van der Waals surface area contributed by atoms with Gasteiger partial charge in [-0.2, -0.15) is 0 Å². The zero-order chi connectivity index (χ0) is 29.9. The van der Waals surface area contributed by atoms with Gasteiger partial charge in [-0.1, -0.05) is 52.3 Å². The Morgan fingerprint density at radius 1 is 0.951 bits per heavy atom. The Labute approximate surface area is 244 Å². The second kappa shape index (κ2) is 9.01. The first kappa shape index (κ1) is 29.1. The van der Waals surface area contributed by atoms with Gasteiger partial charge in [0.15, 0.2) is 5.78 Å². The molecule has 41 heavy (non-hydrogen) atoms. The maximum atomic E-state index is 13.1. The fourth-order valence-electron chi connectivity index (χ4n) is 10.7. The summed E-state index contributed by atoms with van der Waals surface area (Å²) in [6, 6.07) is 0. The average molecular weight is 569 g/mol. The third kappa shape index (κ3) is 4.07. The zero-order valence-electron chi connectivity index (χ0n) is 26.2. The summed E-state index contributed by atoms with van der Waals surface area (Å²) in [7, 11) is 0. The van der Waals surface area contributed by atoms with Gasteiger partial charge in [0.2, 0.25) is 6.29 Å². The highest BCUT2D eigenvalue weighted by atomic mass is 16.7. The van der Waals surface area contributed by atoms with Crippen LogP contribution in [0.3, 0.4) is 0 Å². The van der Waals surface area contributed by atoms with Crippen molar-refractivity contribution in [1.29, 1.82) is 0 Å². The highest BCUT2D eigenvalue weighted by molar-refractivity contribution is 5.95. The number of rotatable bonds is 4. The van der Waals surface area contributed by atoms with Crippen LogP contribution in [0.2, 0.25) is 0 Å². The predicted octanol–water partition coefficient (Wildman–Crippen LogP) is 5.95. The molecule has 11 unspecified atom stereocenters. The predicted molar refractivity (Wildman–Crippen MR) is 152 cm³/mol. The fourth-order valence-corrected chi connectivity index (χ4v) is 10.7. The molecule has 7 heteroatoms. The van der Waals surface area contributed by atoms with E-state index in [4.69, 9.17) is 18.9 Å². The minimum atomic E-state index is -0.594. The number of carbonyl (C=O) groups is 3. The number of fused-ring (bicyclic) bond motifs is 5. The number of hydrogen-bond acceptors (Lipinski definition) is 7. The van der Waals surface area contributed by atoms with Crippen LogP contribution < -0.4 is 0 Å². The number of carbonyl (C=O) groups excluding carboxylic acids is 3. The fraction of sp³-hybridized carbons (Fsp3) is 0.794. The molecule has 0 aromatic rings. The molecule has 2 saturated carbocycles. The second-order valence-electron chi connectivity index (χ2n) is 15.6. The van der Waals surface area contributed by atoms with E-state index in [-0.39, 0.29) is 81.6 Å². The average Bonchev–Trinajstić information content (AvgIpc) is 3.15. The van der Waals surface area contributed by atoms with Gasteiger partial charge in [-0.3, -0.25) is 14.4 Å². The van der Waals surface area contributed by atoms with Crippen LogP contribution in [0.1, 0.15) is 94.4 Å². The van der Waals surface area contributed by atoms with E-state index in [0.29, 0.717) is 6.42 Å². The van der Waals surface area contributed by atoms with Crippen molar-refractivity contribution >= 4 is 17.7 Å². The molecule has 7 nitrogen and oxygen atoms in total. The minimum Gasteiger partial charge on any atom is -0.462 e. The van der Waals surface area contributed by atoms with Gasteiger partial charge >= 0.3 is 11.9 Å². The molecule has 0 bridgehead atoms. The molecule has 0 amide bonds. The van der Waals surface area contributed by atoms with Crippen molar-refractivity contribution in [2.24, 2.45) is 45.3 Å². The molecule has 0 aromatic heterocycles. The topological polar surface area (TPSA) is 91.4 Å². The Kier molecular flexibility index (Phi) is 6.40. The normalized spacial score (nSPS) is 48.9. The number of allylic oxidation sites excluding steroid dienone is 3. The number of ketones is 1. The van der Waals surface area contributed by atoms with Crippen molar-refractivity contribution in [2.75, 3.05) is 0 Å². The number of ether oxygens (including phenoxy) is 4. The Morgan fingerprint density at radius 2 is 1.61 bits per heavy atom. The van der Waals surface area contributed by atoms with Crippen molar-refractivity contribution in [3.8, 4) is 0 Å². The monoisotopic (exact) mass is 568 g/mol. The molecular weight excluding hydrogens is 520 g/mol. The van der Waals surface area contributed by atoms with Crippen LogP contribution in [0.4, 0.5) is 0 Å². The van der Waals surface area contributed by atoms with Crippen LogP contribution in [0.15, 0.2) is 23.8 Å². The first-order valence-electron chi connectivity index (χ1n) is 15.6. The molecule has 11 atom stereocenters. The van der Waals surface area contributed by atoms with E-state index in [1.165, 1.54) is 19.4 Å². The summed E-state index contributed by atoms with van der Waals surface area (Å²) in [5.41, 5.74) is -0.103. The van der Waals surface area contributed by atoms with Crippen LogP contribution in [-0.4, -0.2) is 47.9 Å². The molecule has 0 radical (unpaired) electrons. The third-order valence-corrected chi connectivity index (χ3v) is 12.7. The zero-order valence-corrected chi connectivity index (χ0v) is 26.2. The molecule has 4 aliphatic carbocycles. The van der Waals surface area contributed by atoms with Gasteiger partial charge in [0.05, 0.1) is 11.7 Å². The molecule has 2 saturated heterocycles. The Hall–Kier alpha value is -1.99. The molecule has 6 aliphatic rings. The van der Waals surface area contributed by atoms with E-state index in [1.807, 2.05) is 6.08 Å². The summed E-state index contributed by atoms with van der Waals surface area (Å²) in [5.74, 6) is 0.133. The lowest BCUT2D eigenvalue weighted by Gasteiger charge is -2.66. The van der Waals surface area contributed by atoms with Crippen LogP contribution in [0.5, 0.6) is 0 Å². The number of epoxide rings is 1. The first-order valence-corrected chi connectivity index (χ1v) is 15.6. The van der Waals surface area contributed by atoms with Crippen molar-refractivity contribution < 1.29 is 33.3 Å². The van der Waals surface area contributed by atoms with Gasteiger partial charge in [-0.25, -0.2) is 0 Å². The van der Waals surface area contributed by atoms with E-state index in [0.717, 1.165) is 25.7 Å². The molecule has 6 rings (SSSR count). The quantitative estimate of drug-likeness (QED) is 0.235. The first-order chi connectivity index (χ1) is 19.0. The molecule has 4 fully saturated rings. The lowest BCUT2D eigenvalue weighted by molar-refractivity contribution is -0.193. The summed E-state index contributed by atoms with van der Waals surface area (Å²) >= 11 is 0. The third-order valence-electron chi connectivity index (χ3n) is 12.7. The summed E-state index contributed by atoms with van der Waals surface area (Å²) in [6.07, 6.45) is 9.66. The van der Waals surface area contributed by atoms with Gasteiger partial charge in [0.1, 0.15) is 12.2 Å². The molecule has 0 N–H and O–H groups in total. The Balaban J connectivity index is 1.37. The van der Waals surface area contributed by atoms with E-state index in [1.54, 1.807) is 0 Å². The molecule has 0 spiro atoms. The lowest BCUT2D eigenvalue weighted by Crippen LogP contribution is -2.64. The van der Waals surface area contributed by atoms with E-state index in [2.05, 4.69) is 60.6 Å². The molecule has 2 heterocycles. The van der Waals surface area contributed by atoms with E-state index >= 15 is 0 Å². The highest BCUT2D eigenvalue weighted by Crippen LogP contribution is 2.73. The maximum Gasteiger partial charge on any atom is 0.304 e. The second-order valence-corrected chi connectivity index (χ2v) is 15.6. The van der Waals surface area contributed by atoms with Crippen molar-refractivity contribution in [1.82, 2.24) is 0 Å². The summed E-state index contributed by atoms with van der Waals surface area (Å²) in [4.78, 5) is 37.8. The van der Waals surface area contributed by atoms with Crippen LogP contribution in [0, 0.1) is 45.3 Å². The smallest absolute Gasteiger partial charge is 0.304 e. The van der Waals surface area contributed by atoms with E-state index < -0.39 is 11.7 Å². The molecule has 226 valence electrons. The van der Waals surface area contributed by atoms with Crippen LogP contribution in [-0.2, 0) is 33.3 Å². The lowest BCUT2D eigenvalue weighted by atomic mass is 9.38. The summed E-state index contributed by atoms with van der Waals surface area (Å²) in [5, 5.41) is 0. The van der Waals surface area contributed by atoms with Gasteiger partial charge < -0.3 is 18.9 Å². The summed E-state index contributed by atoms with van der Waals surface area (Å²) in [6.45, 7) is 18.2. The Bertz CT molecular complexity index is 1230. The SMILES string of the molecule is CC(=O)OC1OC(C2OC2(C)C)CC1C1CC=C2C1(C)CCC1C3(C)C=CC(=O)C(C)(C)C3CC(OC(C)=O)C21C. The van der Waals surface area contributed by atoms with Crippen molar-refractivity contribution in [3.05, 3.63) is 23.8 Å². The van der Waals surface area contributed by atoms with Crippen molar-refractivity contribution in [2.45, 2.75) is 125 Å². The van der Waals surface area contributed by atoms with Gasteiger partial charge in [0, 0.05) is 30.6 Å². The van der Waals surface area contributed by atoms with Crippen LogP contribution in [0.25, 0.3) is 0 Å². The number of esters is 2. The van der Waals surface area contributed by atoms with E-state index in [9.17, 15) is 14.4 Å². The van der Waals surface area contributed by atoms with Gasteiger partial charge in [-0.05, 0) is 80.6 Å². The standard InChI is InChI=1S/C34H48O7/c1-18(35)38-27-17-25-30(3,4)26(37)13-15-33(25,8)24-12-14-32(7)21(10-11-23(32)34(24,27)9)20-16-22(28-31(5,6)41-28)40-29(20)39-19(2)36/h11,13,15,20-22,24-25,27-29H,10,12,14,16-17H2,1-9H3. The highest BCUT2D eigenvalue weighted by Gasteiger charge is 2.69. The molecule has 2 aliphatic heterocycles. The maximum absolute atomic E-state index is 13.1. The van der Waals surface area contributed by atoms with Crippen molar-refractivity contribution in [3.63, 3.8) is 0 Å².